The number of hydrogen-bond acceptors (Lipinski definition) is 4. The number of anilines is 2. The van der Waals surface area contributed by atoms with Gasteiger partial charge in [-0.1, -0.05) is 35.9 Å². The van der Waals surface area contributed by atoms with Crippen LogP contribution in [0, 0.1) is 0 Å². The van der Waals surface area contributed by atoms with E-state index < -0.39 is 11.7 Å². The highest BCUT2D eigenvalue weighted by Crippen LogP contribution is 2.21. The summed E-state index contributed by atoms with van der Waals surface area (Å²) in [5, 5.41) is 8.64. The van der Waals surface area contributed by atoms with Gasteiger partial charge in [-0.2, -0.15) is 0 Å². The predicted octanol–water partition coefficient (Wildman–Crippen LogP) is 4.37. The van der Waals surface area contributed by atoms with Gasteiger partial charge in [0.2, 0.25) is 11.8 Å². The van der Waals surface area contributed by atoms with E-state index >= 15 is 0 Å². The molecule has 0 spiro atoms. The molecule has 0 aromatic heterocycles. The van der Waals surface area contributed by atoms with Crippen molar-refractivity contribution in [3.63, 3.8) is 0 Å². The second-order valence-electron chi connectivity index (χ2n) is 7.63. The minimum Gasteiger partial charge on any atom is -0.444 e. The van der Waals surface area contributed by atoms with Crippen LogP contribution in [0.25, 0.3) is 0 Å². The van der Waals surface area contributed by atoms with Crippen molar-refractivity contribution in [2.45, 2.75) is 39.2 Å². The third-order valence-corrected chi connectivity index (χ3v) is 3.98. The highest BCUT2D eigenvalue weighted by molar-refractivity contribution is 6.30. The SMILES string of the molecule is CC(C)(C)OC(=O)NCCC(=O)Nc1ccccc1NC(=O)Cc1cccc(Cl)c1. The molecule has 30 heavy (non-hydrogen) atoms. The Kier molecular flexibility index (Phi) is 8.24. The number of alkyl carbamates (subject to hydrolysis) is 1. The molecule has 0 fully saturated rings. The molecule has 0 heterocycles. The number of halogens is 1. The summed E-state index contributed by atoms with van der Waals surface area (Å²) in [6, 6.07) is 14.0. The summed E-state index contributed by atoms with van der Waals surface area (Å²) in [5.74, 6) is -0.534. The third-order valence-electron chi connectivity index (χ3n) is 3.75. The second-order valence-corrected chi connectivity index (χ2v) is 8.06. The molecule has 0 saturated carbocycles. The first-order valence-corrected chi connectivity index (χ1v) is 9.90. The van der Waals surface area contributed by atoms with Crippen molar-refractivity contribution in [1.29, 1.82) is 0 Å². The highest BCUT2D eigenvalue weighted by atomic mass is 35.5. The van der Waals surface area contributed by atoms with Gasteiger partial charge >= 0.3 is 6.09 Å². The van der Waals surface area contributed by atoms with Crippen LogP contribution in [0.4, 0.5) is 16.2 Å². The number of nitrogens with one attached hydrogen (secondary N) is 3. The van der Waals surface area contributed by atoms with Crippen LogP contribution in [0.2, 0.25) is 5.02 Å². The zero-order valence-corrected chi connectivity index (χ0v) is 18.0. The molecule has 7 nitrogen and oxygen atoms in total. The Morgan fingerprint density at radius 1 is 0.933 bits per heavy atom. The quantitative estimate of drug-likeness (QED) is 0.606. The fraction of sp³-hybridized carbons (Fsp3) is 0.318. The van der Waals surface area contributed by atoms with Gasteiger partial charge in [-0.3, -0.25) is 9.59 Å². The smallest absolute Gasteiger partial charge is 0.407 e. The van der Waals surface area contributed by atoms with Gasteiger partial charge in [0.1, 0.15) is 5.60 Å². The molecule has 0 radical (unpaired) electrons. The molecule has 0 unspecified atom stereocenters. The van der Waals surface area contributed by atoms with Crippen LogP contribution in [0.3, 0.4) is 0 Å². The van der Waals surface area contributed by atoms with Crippen molar-refractivity contribution in [3.05, 3.63) is 59.1 Å². The average molecular weight is 432 g/mol. The van der Waals surface area contributed by atoms with Gasteiger partial charge in [-0.05, 0) is 50.6 Å². The van der Waals surface area contributed by atoms with E-state index in [0.29, 0.717) is 16.4 Å². The van der Waals surface area contributed by atoms with Crippen LogP contribution in [0.1, 0.15) is 32.8 Å². The van der Waals surface area contributed by atoms with Gasteiger partial charge in [0.05, 0.1) is 17.8 Å². The van der Waals surface area contributed by atoms with E-state index in [4.69, 9.17) is 16.3 Å². The first-order valence-electron chi connectivity index (χ1n) is 9.52. The second kappa shape index (κ2) is 10.6. The molecule has 2 aromatic carbocycles. The molecule has 160 valence electrons. The Labute approximate surface area is 181 Å². The van der Waals surface area contributed by atoms with Crippen LogP contribution in [-0.4, -0.2) is 30.1 Å². The van der Waals surface area contributed by atoms with Gasteiger partial charge in [0, 0.05) is 18.0 Å². The number of amides is 3. The summed E-state index contributed by atoms with van der Waals surface area (Å²) in [6.45, 7) is 5.41. The Balaban J connectivity index is 1.87. The van der Waals surface area contributed by atoms with E-state index in [-0.39, 0.29) is 31.2 Å². The van der Waals surface area contributed by atoms with Crippen LogP contribution in [0.5, 0.6) is 0 Å². The summed E-state index contributed by atoms with van der Waals surface area (Å²) in [5.41, 5.74) is 1.14. The van der Waals surface area contributed by atoms with Crippen LogP contribution < -0.4 is 16.0 Å². The van der Waals surface area contributed by atoms with E-state index in [1.54, 1.807) is 63.2 Å². The Morgan fingerprint density at radius 2 is 1.57 bits per heavy atom. The van der Waals surface area contributed by atoms with Crippen LogP contribution in [0.15, 0.2) is 48.5 Å². The molecule has 2 rings (SSSR count). The number of benzene rings is 2. The summed E-state index contributed by atoms with van der Waals surface area (Å²) in [6.07, 6.45) is -0.365. The molecule has 3 N–H and O–H groups in total. The third kappa shape index (κ3) is 8.53. The van der Waals surface area contributed by atoms with E-state index in [0.717, 1.165) is 5.56 Å². The molecule has 8 heteroatoms. The lowest BCUT2D eigenvalue weighted by Crippen LogP contribution is -2.34. The van der Waals surface area contributed by atoms with E-state index in [1.807, 2.05) is 6.07 Å². The van der Waals surface area contributed by atoms with Gasteiger partial charge in [0.25, 0.3) is 0 Å². The maximum Gasteiger partial charge on any atom is 0.407 e. The summed E-state index contributed by atoms with van der Waals surface area (Å²) in [7, 11) is 0. The first-order chi connectivity index (χ1) is 14.1. The van der Waals surface area contributed by atoms with Crippen molar-refractivity contribution in [3.8, 4) is 0 Å². The lowest BCUT2D eigenvalue weighted by atomic mass is 10.1. The number of rotatable bonds is 7. The van der Waals surface area contributed by atoms with E-state index in [9.17, 15) is 14.4 Å². The van der Waals surface area contributed by atoms with Crippen molar-refractivity contribution in [1.82, 2.24) is 5.32 Å². The Hall–Kier alpha value is -3.06. The minimum atomic E-state index is -0.603. The first kappa shape index (κ1) is 23.2. The van der Waals surface area contributed by atoms with Gasteiger partial charge in [-0.15, -0.1) is 0 Å². The largest absolute Gasteiger partial charge is 0.444 e. The maximum absolute atomic E-state index is 12.4. The molecule has 0 bridgehead atoms. The topological polar surface area (TPSA) is 96.5 Å². The molecular weight excluding hydrogens is 406 g/mol. The normalized spacial score (nSPS) is 10.8. The van der Waals surface area contributed by atoms with Crippen molar-refractivity contribution >= 4 is 40.9 Å². The molecule has 2 aromatic rings. The molecule has 0 aliphatic carbocycles. The number of carbonyl (C=O) groups is 3. The lowest BCUT2D eigenvalue weighted by Gasteiger charge is -2.19. The summed E-state index contributed by atoms with van der Waals surface area (Å²) in [4.78, 5) is 36.2. The number of hydrogen-bond donors (Lipinski definition) is 3. The van der Waals surface area contributed by atoms with Gasteiger partial charge in [0.15, 0.2) is 0 Å². The fourth-order valence-corrected chi connectivity index (χ4v) is 2.75. The van der Waals surface area contributed by atoms with E-state index in [1.165, 1.54) is 0 Å². The number of ether oxygens (including phenoxy) is 1. The molecule has 0 aliphatic rings. The number of carbonyl (C=O) groups excluding carboxylic acids is 3. The molecule has 3 amide bonds. The summed E-state index contributed by atoms with van der Waals surface area (Å²) < 4.78 is 5.12. The Morgan fingerprint density at radius 3 is 2.17 bits per heavy atom. The average Bonchev–Trinajstić information content (AvgIpc) is 2.61. The van der Waals surface area contributed by atoms with Crippen LogP contribution in [-0.2, 0) is 20.7 Å². The molecule has 0 atom stereocenters. The minimum absolute atomic E-state index is 0.0596. The van der Waals surface area contributed by atoms with Gasteiger partial charge < -0.3 is 20.7 Å². The number of para-hydroxylation sites is 2. The monoisotopic (exact) mass is 431 g/mol. The fourth-order valence-electron chi connectivity index (χ4n) is 2.53. The van der Waals surface area contributed by atoms with E-state index in [2.05, 4.69) is 16.0 Å². The molecule has 0 aliphatic heterocycles. The van der Waals surface area contributed by atoms with Crippen LogP contribution >= 0.6 is 11.6 Å². The standard InChI is InChI=1S/C22H26ClN3O4/c1-22(2,3)30-21(29)24-12-11-19(27)25-17-9-4-5-10-18(17)26-20(28)14-15-7-6-8-16(23)13-15/h4-10,13H,11-12,14H2,1-3H3,(H,24,29)(H,25,27)(H,26,28). The maximum atomic E-state index is 12.4. The molecule has 0 saturated heterocycles. The summed E-state index contributed by atoms with van der Waals surface area (Å²) >= 11 is 5.95. The van der Waals surface area contributed by atoms with Crippen molar-refractivity contribution in [2.24, 2.45) is 0 Å². The lowest BCUT2D eigenvalue weighted by molar-refractivity contribution is -0.116. The van der Waals surface area contributed by atoms with Gasteiger partial charge in [-0.25, -0.2) is 4.79 Å². The zero-order chi connectivity index (χ0) is 22.1. The Bertz CT molecular complexity index is 909. The van der Waals surface area contributed by atoms with Crippen molar-refractivity contribution < 1.29 is 19.1 Å². The zero-order valence-electron chi connectivity index (χ0n) is 17.3. The predicted molar refractivity (Wildman–Crippen MR) is 118 cm³/mol. The highest BCUT2D eigenvalue weighted by Gasteiger charge is 2.16. The molecular formula is C22H26ClN3O4. The van der Waals surface area contributed by atoms with Crippen molar-refractivity contribution in [2.75, 3.05) is 17.2 Å².